The quantitative estimate of drug-likeness (QED) is 0.291. The third-order valence-electron chi connectivity index (χ3n) is 9.59. The second kappa shape index (κ2) is 12.4. The molecule has 5 heterocycles. The van der Waals surface area contributed by atoms with Gasteiger partial charge in [-0.1, -0.05) is 0 Å². The van der Waals surface area contributed by atoms with Gasteiger partial charge in [-0.15, -0.1) is 0 Å². The molecule has 2 aromatic heterocycles. The Labute approximate surface area is 276 Å². The fourth-order valence-corrected chi connectivity index (χ4v) is 7.02. The van der Waals surface area contributed by atoms with E-state index in [2.05, 4.69) is 25.3 Å². The van der Waals surface area contributed by atoms with E-state index >= 15 is 4.39 Å². The van der Waals surface area contributed by atoms with Gasteiger partial charge < -0.3 is 20.3 Å². The number of carbonyl (C=O) groups excluding carboxylic acids is 2. The number of imide groups is 1. The van der Waals surface area contributed by atoms with E-state index in [1.807, 2.05) is 36.5 Å². The zero-order valence-corrected chi connectivity index (χ0v) is 26.6. The largest absolute Gasteiger partial charge is 0.495 e. The first-order chi connectivity index (χ1) is 23.9. The number of urea groups is 1. The molecule has 2 aromatic carbocycles. The number of piperazine rings is 1. The molecule has 3 N–H and O–H groups in total. The third kappa shape index (κ3) is 5.93. The molecule has 14 heteroatoms. The van der Waals surface area contributed by atoms with Gasteiger partial charge in [-0.25, -0.2) is 9.18 Å². The van der Waals surface area contributed by atoms with E-state index < -0.39 is 24.7 Å². The number of nitrogen functional groups attached to an aromatic ring is 1. The number of hydrogen-bond acceptors (Lipinski definition) is 9. The second-order valence-corrected chi connectivity index (χ2v) is 12.5. The van der Waals surface area contributed by atoms with Crippen LogP contribution in [0.25, 0.3) is 22.0 Å². The Hall–Kier alpha value is -4.85. The van der Waals surface area contributed by atoms with Crippen molar-refractivity contribution in [2.75, 3.05) is 79.9 Å². The highest BCUT2D eigenvalue weighted by atomic mass is 19.1. The Morgan fingerprint density at radius 2 is 1.81 bits per heavy atom. The van der Waals surface area contributed by atoms with Crippen LogP contribution in [0.4, 0.5) is 32.1 Å². The molecule has 0 radical (unpaired) electrons. The molecule has 0 saturated carbocycles. The molecule has 47 heavy (non-hydrogen) atoms. The molecular formula is C33H41FN10O3. The maximum atomic E-state index is 15.7. The van der Waals surface area contributed by atoms with Gasteiger partial charge in [-0.3, -0.25) is 29.3 Å². The van der Waals surface area contributed by atoms with Crippen molar-refractivity contribution in [1.29, 1.82) is 0 Å². The first-order valence-corrected chi connectivity index (χ1v) is 15.9. The number of aromatic nitrogens is 4. The van der Waals surface area contributed by atoms with Gasteiger partial charge in [-0.2, -0.15) is 10.2 Å². The van der Waals surface area contributed by atoms with Crippen LogP contribution in [-0.4, -0.2) is 95.9 Å². The lowest BCUT2D eigenvalue weighted by atomic mass is 9.94. The molecule has 7 rings (SSSR count). The number of piperidine rings is 1. The number of hydrogen-bond donors (Lipinski definition) is 2. The molecule has 0 atom stereocenters. The van der Waals surface area contributed by atoms with Crippen molar-refractivity contribution in [3.05, 3.63) is 42.5 Å². The summed E-state index contributed by atoms with van der Waals surface area (Å²) in [6.07, 6.45) is 5.91. The first-order valence-electron chi connectivity index (χ1n) is 17.4. The predicted octanol–water partition coefficient (Wildman–Crippen LogP) is 3.19. The van der Waals surface area contributed by atoms with Crippen LogP contribution in [0.2, 0.25) is 0 Å². The van der Waals surface area contributed by atoms with E-state index in [0.717, 1.165) is 67.1 Å². The Balaban J connectivity index is 1.01. The van der Waals surface area contributed by atoms with Crippen LogP contribution in [0.5, 0.6) is 5.75 Å². The molecule has 3 amide bonds. The number of nitrogens with zero attached hydrogens (tertiary/aromatic N) is 8. The Morgan fingerprint density at radius 3 is 2.49 bits per heavy atom. The van der Waals surface area contributed by atoms with Crippen LogP contribution in [-0.2, 0) is 18.8 Å². The highest BCUT2D eigenvalue weighted by molar-refractivity contribution is 6.09. The molecule has 3 fully saturated rings. The zero-order chi connectivity index (χ0) is 35.3. The molecule has 0 bridgehead atoms. The number of fused-ring (bicyclic) bond motifs is 1. The fourth-order valence-electron chi connectivity index (χ4n) is 7.02. The van der Waals surface area contributed by atoms with Gasteiger partial charge in [0, 0.05) is 111 Å². The minimum absolute atomic E-state index is 0.00581. The zero-order valence-electron chi connectivity index (χ0n) is 29.6. The average Bonchev–Trinajstić information content (AvgIpc) is 3.68. The van der Waals surface area contributed by atoms with Crippen molar-refractivity contribution >= 4 is 45.7 Å². The van der Waals surface area contributed by atoms with Gasteiger partial charge in [-0.05, 0) is 37.0 Å². The molecule has 13 nitrogen and oxygen atoms in total. The third-order valence-corrected chi connectivity index (χ3v) is 9.59. The topological polar surface area (TPSA) is 130 Å². The summed E-state index contributed by atoms with van der Waals surface area (Å²) < 4.78 is 48.1. The number of ether oxygens (including phenoxy) is 1. The summed E-state index contributed by atoms with van der Waals surface area (Å²) in [5.74, 6) is 0.212. The SMILES string of the molecule is [2H]C([2H])([2H])n1nc(N2CCC(=O)NC2=O)c2cc(F)c(N3CCN(CC4CCN(c5cc(OC)c(N)cc5-c5cnn(C)c5)CC4)CC3)cc21. The van der Waals surface area contributed by atoms with Gasteiger partial charge in [0.1, 0.15) is 11.6 Å². The molecular weight excluding hydrogens is 603 g/mol. The number of halogens is 1. The van der Waals surface area contributed by atoms with Crippen molar-refractivity contribution in [3.8, 4) is 16.9 Å². The number of aryl methyl sites for hydroxylation is 2. The van der Waals surface area contributed by atoms with Gasteiger partial charge in [0.25, 0.3) is 0 Å². The highest BCUT2D eigenvalue weighted by Gasteiger charge is 2.30. The minimum Gasteiger partial charge on any atom is -0.495 e. The monoisotopic (exact) mass is 647 g/mol. The van der Waals surface area contributed by atoms with E-state index in [1.54, 1.807) is 11.8 Å². The van der Waals surface area contributed by atoms with Crippen LogP contribution in [0, 0.1) is 11.7 Å². The molecule has 4 aromatic rings. The smallest absolute Gasteiger partial charge is 0.329 e. The summed E-state index contributed by atoms with van der Waals surface area (Å²) in [6.45, 7) is 2.72. The van der Waals surface area contributed by atoms with Crippen LogP contribution >= 0.6 is 0 Å². The molecule has 248 valence electrons. The fraction of sp³-hybridized carbons (Fsp3) is 0.455. The molecule has 3 aliphatic heterocycles. The van der Waals surface area contributed by atoms with Crippen LogP contribution in [0.1, 0.15) is 23.4 Å². The Morgan fingerprint density at radius 1 is 1.04 bits per heavy atom. The summed E-state index contributed by atoms with van der Waals surface area (Å²) in [4.78, 5) is 32.2. The number of benzene rings is 2. The standard InChI is InChI=1S/C33H41FN10O3/c1-39-20-22(18-36-39)23-15-26(35)30(47-3)17-28(23)42-7-4-21(5-8-42)19-41-10-12-43(13-11-41)29-16-27-24(14-25(29)34)32(38-40(27)2)44-9-6-31(45)37-33(44)46/h14-18,20-21H,4-13,19,35H2,1-3H3,(H,37,45,46)/i2D3. The molecule has 0 aliphatic carbocycles. The molecule has 0 unspecified atom stereocenters. The van der Waals surface area contributed by atoms with Gasteiger partial charge >= 0.3 is 6.03 Å². The molecule has 3 aliphatic rings. The van der Waals surface area contributed by atoms with Crippen molar-refractivity contribution in [1.82, 2.24) is 29.8 Å². The normalized spacial score (nSPS) is 19.6. The summed E-state index contributed by atoms with van der Waals surface area (Å²) in [7, 11) is 3.52. The number of nitrogens with two attached hydrogens (primary N) is 1. The lowest BCUT2D eigenvalue weighted by molar-refractivity contribution is -0.120. The van der Waals surface area contributed by atoms with Crippen molar-refractivity contribution in [2.24, 2.45) is 19.9 Å². The van der Waals surface area contributed by atoms with Crippen LogP contribution in [0.15, 0.2) is 36.7 Å². The van der Waals surface area contributed by atoms with Gasteiger partial charge in [0.15, 0.2) is 5.82 Å². The van der Waals surface area contributed by atoms with Crippen LogP contribution in [0.3, 0.4) is 0 Å². The average molecular weight is 648 g/mol. The number of anilines is 4. The van der Waals surface area contributed by atoms with Gasteiger partial charge in [0.2, 0.25) is 5.91 Å². The number of methoxy groups -OCH3 is 1. The van der Waals surface area contributed by atoms with Crippen molar-refractivity contribution < 1.29 is 22.8 Å². The first kappa shape index (κ1) is 27.3. The summed E-state index contributed by atoms with van der Waals surface area (Å²) in [5.41, 5.74) is 10.5. The highest BCUT2D eigenvalue weighted by Crippen LogP contribution is 2.40. The van der Waals surface area contributed by atoms with E-state index in [-0.39, 0.29) is 29.7 Å². The number of rotatable bonds is 7. The summed E-state index contributed by atoms with van der Waals surface area (Å²) in [5, 5.41) is 11.0. The summed E-state index contributed by atoms with van der Waals surface area (Å²) in [6, 6.07) is 6.02. The van der Waals surface area contributed by atoms with E-state index in [0.29, 0.717) is 36.1 Å². The van der Waals surface area contributed by atoms with Crippen molar-refractivity contribution in [2.45, 2.75) is 19.3 Å². The number of amides is 3. The lowest BCUT2D eigenvalue weighted by Crippen LogP contribution is -2.49. The molecule has 0 spiro atoms. The second-order valence-electron chi connectivity index (χ2n) is 12.5. The maximum absolute atomic E-state index is 15.7. The van der Waals surface area contributed by atoms with E-state index in [9.17, 15) is 9.59 Å². The molecule has 3 saturated heterocycles. The Bertz CT molecular complexity index is 1930. The van der Waals surface area contributed by atoms with Crippen molar-refractivity contribution in [3.63, 3.8) is 0 Å². The predicted molar refractivity (Wildman–Crippen MR) is 179 cm³/mol. The number of nitrogens with one attached hydrogen (secondary N) is 1. The lowest BCUT2D eigenvalue weighted by Gasteiger charge is -2.40. The summed E-state index contributed by atoms with van der Waals surface area (Å²) >= 11 is 0. The maximum Gasteiger partial charge on any atom is 0.329 e. The van der Waals surface area contributed by atoms with Crippen LogP contribution < -0.4 is 30.5 Å². The Kier molecular flexibility index (Phi) is 7.20. The number of carbonyl (C=O) groups is 2. The van der Waals surface area contributed by atoms with E-state index in [4.69, 9.17) is 14.6 Å². The van der Waals surface area contributed by atoms with E-state index in [1.165, 1.54) is 17.0 Å². The van der Waals surface area contributed by atoms with Gasteiger partial charge in [0.05, 0.1) is 30.2 Å². The minimum atomic E-state index is -2.66.